The van der Waals surface area contributed by atoms with Crippen molar-refractivity contribution in [3.63, 3.8) is 0 Å². The zero-order valence-corrected chi connectivity index (χ0v) is 18.2. The molecule has 2 aromatic heterocycles. The average molecular weight is 417 g/mol. The van der Waals surface area contributed by atoms with Gasteiger partial charge in [0.05, 0.1) is 17.0 Å². The SMILES string of the molecule is CC(=O)N[C@H]1CC[C@H](Nc2nccc(-n3ccc4c(C(C)(C)C#N)cccc43)n2)CC1. The minimum Gasteiger partial charge on any atom is -0.354 e. The maximum Gasteiger partial charge on any atom is 0.224 e. The molecular formula is C24H28N6O. The predicted molar refractivity (Wildman–Crippen MR) is 121 cm³/mol. The van der Waals surface area contributed by atoms with Gasteiger partial charge in [-0.15, -0.1) is 0 Å². The number of amides is 1. The zero-order valence-electron chi connectivity index (χ0n) is 18.2. The Labute approximate surface area is 182 Å². The molecule has 0 bridgehead atoms. The average Bonchev–Trinajstić information content (AvgIpc) is 3.19. The lowest BCUT2D eigenvalue weighted by atomic mass is 9.84. The van der Waals surface area contributed by atoms with Gasteiger partial charge in [0.15, 0.2) is 0 Å². The normalized spacial score (nSPS) is 19.0. The van der Waals surface area contributed by atoms with Crippen molar-refractivity contribution in [2.75, 3.05) is 5.32 Å². The zero-order chi connectivity index (χ0) is 22.0. The lowest BCUT2D eigenvalue weighted by Crippen LogP contribution is -2.39. The summed E-state index contributed by atoms with van der Waals surface area (Å²) in [5, 5.41) is 17.1. The van der Waals surface area contributed by atoms with Crippen molar-refractivity contribution in [3.05, 3.63) is 48.3 Å². The van der Waals surface area contributed by atoms with Gasteiger partial charge in [0.2, 0.25) is 11.9 Å². The first-order valence-electron chi connectivity index (χ1n) is 10.8. The van der Waals surface area contributed by atoms with Crippen LogP contribution in [0.25, 0.3) is 16.7 Å². The molecule has 0 saturated heterocycles. The van der Waals surface area contributed by atoms with E-state index in [1.54, 1.807) is 13.1 Å². The van der Waals surface area contributed by atoms with Gasteiger partial charge in [-0.1, -0.05) is 12.1 Å². The maximum absolute atomic E-state index is 11.3. The Morgan fingerprint density at radius 3 is 2.61 bits per heavy atom. The Balaban J connectivity index is 1.54. The van der Waals surface area contributed by atoms with Crippen LogP contribution in [0.15, 0.2) is 42.7 Å². The van der Waals surface area contributed by atoms with E-state index in [0.717, 1.165) is 48.0 Å². The van der Waals surface area contributed by atoms with Gasteiger partial charge in [-0.05, 0) is 63.3 Å². The van der Waals surface area contributed by atoms with Gasteiger partial charge < -0.3 is 15.2 Å². The molecular weight excluding hydrogens is 388 g/mol. The van der Waals surface area contributed by atoms with Crippen molar-refractivity contribution in [1.29, 1.82) is 5.26 Å². The molecule has 0 atom stereocenters. The fourth-order valence-corrected chi connectivity index (χ4v) is 4.38. The van der Waals surface area contributed by atoms with E-state index in [1.807, 2.05) is 54.9 Å². The number of hydrogen-bond donors (Lipinski definition) is 2. The van der Waals surface area contributed by atoms with Crippen LogP contribution in [0.1, 0.15) is 52.0 Å². The third-order valence-corrected chi connectivity index (χ3v) is 6.04. The van der Waals surface area contributed by atoms with Crippen LogP contribution in [0.5, 0.6) is 0 Å². The first-order chi connectivity index (χ1) is 14.9. The number of hydrogen-bond acceptors (Lipinski definition) is 5. The minimum atomic E-state index is -0.569. The lowest BCUT2D eigenvalue weighted by molar-refractivity contribution is -0.119. The Kier molecular flexibility index (Phi) is 5.64. The van der Waals surface area contributed by atoms with E-state index in [1.165, 1.54) is 0 Å². The van der Waals surface area contributed by atoms with Gasteiger partial charge >= 0.3 is 0 Å². The van der Waals surface area contributed by atoms with E-state index >= 15 is 0 Å². The van der Waals surface area contributed by atoms with E-state index < -0.39 is 5.41 Å². The summed E-state index contributed by atoms with van der Waals surface area (Å²) < 4.78 is 2.03. The van der Waals surface area contributed by atoms with Crippen molar-refractivity contribution in [3.8, 4) is 11.9 Å². The molecule has 0 aliphatic heterocycles. The monoisotopic (exact) mass is 416 g/mol. The molecule has 1 aliphatic carbocycles. The number of rotatable bonds is 5. The summed E-state index contributed by atoms with van der Waals surface area (Å²) >= 11 is 0. The van der Waals surface area contributed by atoms with Crippen LogP contribution in [-0.2, 0) is 10.2 Å². The van der Waals surface area contributed by atoms with Gasteiger partial charge in [0.25, 0.3) is 0 Å². The molecule has 160 valence electrons. The van der Waals surface area contributed by atoms with Gasteiger partial charge in [0, 0.05) is 36.8 Å². The van der Waals surface area contributed by atoms with Crippen molar-refractivity contribution >= 4 is 22.8 Å². The Morgan fingerprint density at radius 1 is 1.16 bits per heavy atom. The summed E-state index contributed by atoms with van der Waals surface area (Å²) in [6, 6.07) is 12.9. The molecule has 1 fully saturated rings. The molecule has 2 heterocycles. The third kappa shape index (κ3) is 4.38. The number of anilines is 1. The number of carbonyl (C=O) groups excluding carboxylic acids is 1. The molecule has 0 unspecified atom stereocenters. The number of fused-ring (bicyclic) bond motifs is 1. The van der Waals surface area contributed by atoms with Crippen molar-refractivity contribution in [2.24, 2.45) is 0 Å². The number of nitrogens with one attached hydrogen (secondary N) is 2. The third-order valence-electron chi connectivity index (χ3n) is 6.04. The van der Waals surface area contributed by atoms with Gasteiger partial charge in [-0.2, -0.15) is 10.2 Å². The lowest BCUT2D eigenvalue weighted by Gasteiger charge is -2.29. The van der Waals surface area contributed by atoms with E-state index in [-0.39, 0.29) is 11.9 Å². The first-order valence-corrected chi connectivity index (χ1v) is 10.8. The highest BCUT2D eigenvalue weighted by Crippen LogP contribution is 2.31. The summed E-state index contributed by atoms with van der Waals surface area (Å²) in [6.45, 7) is 5.44. The molecule has 7 heteroatoms. The summed E-state index contributed by atoms with van der Waals surface area (Å²) in [4.78, 5) is 20.4. The topological polar surface area (TPSA) is 95.6 Å². The highest BCUT2D eigenvalue weighted by atomic mass is 16.1. The predicted octanol–water partition coefficient (Wildman–Crippen LogP) is 4.08. The number of carbonyl (C=O) groups is 1. The van der Waals surface area contributed by atoms with Gasteiger partial charge in [-0.3, -0.25) is 4.79 Å². The van der Waals surface area contributed by atoms with E-state index in [2.05, 4.69) is 21.7 Å². The van der Waals surface area contributed by atoms with Crippen LogP contribution in [0.4, 0.5) is 5.95 Å². The smallest absolute Gasteiger partial charge is 0.224 e. The summed E-state index contributed by atoms with van der Waals surface area (Å²) in [7, 11) is 0. The summed E-state index contributed by atoms with van der Waals surface area (Å²) in [6.07, 6.45) is 7.61. The number of benzene rings is 1. The van der Waals surface area contributed by atoms with Gasteiger partial charge in [0.1, 0.15) is 5.82 Å². The highest BCUT2D eigenvalue weighted by Gasteiger charge is 2.24. The molecule has 4 rings (SSSR count). The second kappa shape index (κ2) is 8.38. The fourth-order valence-electron chi connectivity index (χ4n) is 4.38. The highest BCUT2D eigenvalue weighted by molar-refractivity contribution is 5.86. The second-order valence-electron chi connectivity index (χ2n) is 8.79. The van der Waals surface area contributed by atoms with Crippen molar-refractivity contribution in [2.45, 2.75) is 64.0 Å². The van der Waals surface area contributed by atoms with Crippen LogP contribution in [0.2, 0.25) is 0 Å². The van der Waals surface area contributed by atoms with Crippen LogP contribution < -0.4 is 10.6 Å². The van der Waals surface area contributed by atoms with Crippen LogP contribution in [0, 0.1) is 11.3 Å². The Bertz CT molecular complexity index is 1130. The van der Waals surface area contributed by atoms with Gasteiger partial charge in [-0.25, -0.2) is 4.98 Å². The Hall–Kier alpha value is -3.40. The Morgan fingerprint density at radius 2 is 1.90 bits per heavy atom. The number of nitrogens with zero attached hydrogens (tertiary/aromatic N) is 4. The number of aromatic nitrogens is 3. The van der Waals surface area contributed by atoms with Crippen LogP contribution >= 0.6 is 0 Å². The van der Waals surface area contributed by atoms with Crippen molar-refractivity contribution in [1.82, 2.24) is 19.9 Å². The second-order valence-corrected chi connectivity index (χ2v) is 8.79. The summed E-state index contributed by atoms with van der Waals surface area (Å²) in [5.41, 5.74) is 1.45. The molecule has 3 aromatic rings. The molecule has 31 heavy (non-hydrogen) atoms. The van der Waals surface area contributed by atoms with Crippen molar-refractivity contribution < 1.29 is 4.79 Å². The maximum atomic E-state index is 11.3. The largest absolute Gasteiger partial charge is 0.354 e. The van der Waals surface area contributed by atoms with Crippen LogP contribution in [0.3, 0.4) is 0 Å². The number of nitriles is 1. The molecule has 1 amide bonds. The molecule has 1 aliphatic rings. The standard InChI is InChI=1S/C24H28N6O/c1-16(31)27-17-7-9-18(10-8-17)28-23-26-13-11-22(29-23)30-14-12-19-20(24(2,3)15-25)5-4-6-21(19)30/h4-6,11-14,17-18H,7-10H2,1-3H3,(H,27,31)(H,26,28,29)/t17-,18-. The fraction of sp³-hybridized carbons (Fsp3) is 0.417. The molecule has 7 nitrogen and oxygen atoms in total. The quantitative estimate of drug-likeness (QED) is 0.653. The molecule has 1 aromatic carbocycles. The van der Waals surface area contributed by atoms with Crippen LogP contribution in [-0.4, -0.2) is 32.5 Å². The molecule has 2 N–H and O–H groups in total. The van der Waals surface area contributed by atoms with E-state index in [4.69, 9.17) is 4.98 Å². The van der Waals surface area contributed by atoms with E-state index in [0.29, 0.717) is 12.0 Å². The van der Waals surface area contributed by atoms with E-state index in [9.17, 15) is 10.1 Å². The summed E-state index contributed by atoms with van der Waals surface area (Å²) in [5.74, 6) is 1.43. The molecule has 1 saturated carbocycles. The molecule has 0 spiro atoms. The minimum absolute atomic E-state index is 0.0349. The molecule has 0 radical (unpaired) electrons. The first kappa shape index (κ1) is 20.9.